The van der Waals surface area contributed by atoms with Gasteiger partial charge in [-0.15, -0.1) is 0 Å². The molecule has 6 heteroatoms. The minimum absolute atomic E-state index is 0.537. The lowest BCUT2D eigenvalue weighted by Crippen LogP contribution is -2.09. The molecule has 6 nitrogen and oxygen atoms in total. The number of hydrogen-bond donors (Lipinski definition) is 0. The first-order valence-electron chi connectivity index (χ1n) is 21.7. The second-order valence-corrected chi connectivity index (χ2v) is 16.1. The van der Waals surface area contributed by atoms with Crippen molar-refractivity contribution in [2.75, 3.05) is 24.0 Å². The van der Waals surface area contributed by atoms with Gasteiger partial charge in [0.1, 0.15) is 17.6 Å². The molecule has 0 aliphatic rings. The summed E-state index contributed by atoms with van der Waals surface area (Å²) in [4.78, 5) is 8.48. The maximum atomic E-state index is 10.6. The number of anilines is 6. The highest BCUT2D eigenvalue weighted by Crippen LogP contribution is 2.41. The summed E-state index contributed by atoms with van der Waals surface area (Å²) in [6, 6.07) is 64.5. The van der Waals surface area contributed by atoms with Gasteiger partial charge in [-0.3, -0.25) is 0 Å². The summed E-state index contributed by atoms with van der Waals surface area (Å²) >= 11 is 0. The van der Waals surface area contributed by atoms with Gasteiger partial charge in [0.25, 0.3) is 0 Å². The predicted molar refractivity (Wildman–Crippen MR) is 275 cm³/mol. The van der Waals surface area contributed by atoms with Gasteiger partial charge in [0, 0.05) is 34.1 Å². The Kier molecular flexibility index (Phi) is 12.1. The molecule has 0 saturated heterocycles. The van der Waals surface area contributed by atoms with Gasteiger partial charge in [-0.2, -0.15) is 5.26 Å². The maximum Gasteiger partial charge on any atom is 0.202 e. The van der Waals surface area contributed by atoms with Gasteiger partial charge in [-0.25, -0.2) is 4.85 Å². The Balaban J connectivity index is 0.967. The third-order valence-electron chi connectivity index (χ3n) is 11.8. The van der Waals surface area contributed by atoms with Crippen LogP contribution < -0.4 is 19.3 Å². The highest BCUT2D eigenvalue weighted by atomic mass is 16.5. The van der Waals surface area contributed by atoms with Crippen LogP contribution >= 0.6 is 0 Å². The van der Waals surface area contributed by atoms with E-state index in [1.54, 1.807) is 14.2 Å². The van der Waals surface area contributed by atoms with Gasteiger partial charge in [0.2, 0.25) is 5.69 Å². The Labute approximate surface area is 386 Å². The van der Waals surface area contributed by atoms with Crippen LogP contribution in [-0.2, 0) is 0 Å². The molecule has 318 valence electrons. The van der Waals surface area contributed by atoms with Crippen LogP contribution in [0.1, 0.15) is 38.9 Å². The Morgan fingerprint density at radius 2 is 0.758 bits per heavy atom. The van der Waals surface area contributed by atoms with Crippen LogP contribution in [0.15, 0.2) is 182 Å². The molecule has 0 fully saturated rings. The quantitative estimate of drug-likeness (QED) is 0.0696. The van der Waals surface area contributed by atoms with Gasteiger partial charge in [-0.1, -0.05) is 114 Å². The molecule has 66 heavy (non-hydrogen) atoms. The molecule has 0 N–H and O–H groups in total. The van der Waals surface area contributed by atoms with Crippen LogP contribution in [0, 0.1) is 31.8 Å². The fourth-order valence-corrected chi connectivity index (χ4v) is 8.29. The van der Waals surface area contributed by atoms with E-state index < -0.39 is 0 Å². The van der Waals surface area contributed by atoms with Crippen molar-refractivity contribution in [1.82, 2.24) is 0 Å². The van der Waals surface area contributed by atoms with Crippen LogP contribution in [0.25, 0.3) is 50.7 Å². The molecule has 0 aromatic heterocycles. The van der Waals surface area contributed by atoms with Crippen molar-refractivity contribution in [3.63, 3.8) is 0 Å². The van der Waals surface area contributed by atoms with E-state index in [1.807, 2.05) is 91.0 Å². The number of nitrogens with zero attached hydrogens (tertiary/aromatic N) is 4. The van der Waals surface area contributed by atoms with Crippen molar-refractivity contribution in [3.05, 3.63) is 232 Å². The second kappa shape index (κ2) is 18.9. The number of ether oxygens (including phenoxy) is 2. The standard InChI is InChI=1S/C60H46N4O2/c1-41-6-20-47(21-7-41)63(48-22-8-42(2)9-23-48)49-24-14-44(15-25-49)11-13-46-18-36-55-58(39-46)60(62-3)56-37-19-45(38-57(56)59(55)40-61)12-10-43-16-26-50(27-17-43)64(51-28-32-53(65-4)33-29-51)52-30-34-54(66-5)35-31-52/h6-39H,1-2,4-5H3/b12-10-,13-11-. The van der Waals surface area contributed by atoms with Gasteiger partial charge < -0.3 is 19.3 Å². The fourth-order valence-electron chi connectivity index (χ4n) is 8.29. The van der Waals surface area contributed by atoms with Crippen LogP contribution in [0.3, 0.4) is 0 Å². The lowest BCUT2D eigenvalue weighted by Gasteiger charge is -2.26. The minimum Gasteiger partial charge on any atom is -0.497 e. The number of aryl methyl sites for hydroxylation is 2. The summed E-state index contributed by atoms with van der Waals surface area (Å²) in [5.41, 5.74) is 13.7. The van der Waals surface area contributed by atoms with E-state index >= 15 is 0 Å². The second-order valence-electron chi connectivity index (χ2n) is 16.1. The molecule has 0 spiro atoms. The molecule has 0 atom stereocenters. The van der Waals surface area contributed by atoms with Crippen molar-refractivity contribution in [1.29, 1.82) is 5.26 Å². The van der Waals surface area contributed by atoms with Crippen molar-refractivity contribution in [2.24, 2.45) is 0 Å². The molecule has 0 heterocycles. The van der Waals surface area contributed by atoms with Gasteiger partial charge in [0.15, 0.2) is 0 Å². The van der Waals surface area contributed by atoms with Gasteiger partial charge in [0.05, 0.1) is 26.4 Å². The largest absolute Gasteiger partial charge is 0.497 e. The van der Waals surface area contributed by atoms with Crippen molar-refractivity contribution in [3.8, 4) is 17.6 Å². The minimum atomic E-state index is 0.537. The summed E-state index contributed by atoms with van der Waals surface area (Å²) in [7, 11) is 3.33. The van der Waals surface area contributed by atoms with E-state index in [9.17, 15) is 5.26 Å². The first-order chi connectivity index (χ1) is 32.3. The zero-order chi connectivity index (χ0) is 45.6. The first-order valence-corrected chi connectivity index (χ1v) is 21.7. The molecule has 0 aliphatic carbocycles. The van der Waals surface area contributed by atoms with E-state index in [1.165, 1.54) is 11.1 Å². The van der Waals surface area contributed by atoms with Crippen LogP contribution in [0.4, 0.5) is 39.8 Å². The number of fused-ring (bicyclic) bond motifs is 2. The Hall–Kier alpha value is -8.84. The highest BCUT2D eigenvalue weighted by Gasteiger charge is 2.17. The summed E-state index contributed by atoms with van der Waals surface area (Å²) in [6.45, 7) is 12.5. The maximum absolute atomic E-state index is 10.6. The summed E-state index contributed by atoms with van der Waals surface area (Å²) in [5.74, 6) is 1.58. The first kappa shape index (κ1) is 42.5. The molecular weight excluding hydrogens is 809 g/mol. The third kappa shape index (κ3) is 8.86. The normalized spacial score (nSPS) is 11.2. The highest BCUT2D eigenvalue weighted by molar-refractivity contribution is 6.16. The number of hydrogen-bond acceptors (Lipinski definition) is 5. The monoisotopic (exact) mass is 854 g/mol. The van der Waals surface area contributed by atoms with Crippen LogP contribution in [-0.4, -0.2) is 14.2 Å². The summed E-state index contributed by atoms with van der Waals surface area (Å²) in [5, 5.41) is 13.6. The smallest absolute Gasteiger partial charge is 0.202 e. The van der Waals surface area contributed by atoms with Crippen molar-refractivity contribution in [2.45, 2.75) is 13.8 Å². The van der Waals surface area contributed by atoms with Crippen LogP contribution in [0.2, 0.25) is 0 Å². The average molecular weight is 855 g/mol. The van der Waals surface area contributed by atoms with Gasteiger partial charge >= 0.3 is 0 Å². The molecular formula is C60H46N4O2. The lowest BCUT2D eigenvalue weighted by molar-refractivity contribution is 0.415. The number of rotatable bonds is 12. The topological polar surface area (TPSA) is 53.1 Å². The predicted octanol–water partition coefficient (Wildman–Crippen LogP) is 16.3. The van der Waals surface area contributed by atoms with Crippen molar-refractivity contribution < 1.29 is 9.47 Å². The van der Waals surface area contributed by atoms with Crippen molar-refractivity contribution >= 4 is 85.7 Å². The molecule has 0 saturated carbocycles. The Morgan fingerprint density at radius 1 is 0.424 bits per heavy atom. The van der Waals surface area contributed by atoms with E-state index in [-0.39, 0.29) is 0 Å². The molecule has 0 aliphatic heterocycles. The van der Waals surface area contributed by atoms with Crippen LogP contribution in [0.5, 0.6) is 11.5 Å². The Bertz CT molecular complexity index is 3230. The zero-order valence-electron chi connectivity index (χ0n) is 37.2. The molecule has 0 radical (unpaired) electrons. The summed E-state index contributed by atoms with van der Waals surface area (Å²) < 4.78 is 10.8. The molecule has 0 unspecified atom stereocenters. The SMILES string of the molecule is [C-]#[N+]c1c2ccc(/C=C\c3ccc(N(c4ccc(OC)cc4)c4ccc(OC)cc4)cc3)cc2c(C#N)c2ccc(/C=C\c3ccc(N(c4ccc(C)cc4)c4ccc(C)cc4)cc3)cc12. The van der Waals surface area contributed by atoms with E-state index in [4.69, 9.17) is 16.0 Å². The molecule has 0 bridgehead atoms. The lowest BCUT2D eigenvalue weighted by atomic mass is 9.93. The molecule has 9 aromatic rings. The van der Waals surface area contributed by atoms with E-state index in [2.05, 4.69) is 150 Å². The molecule has 9 rings (SSSR count). The zero-order valence-corrected chi connectivity index (χ0v) is 37.2. The van der Waals surface area contributed by atoms with E-state index in [0.717, 1.165) is 89.4 Å². The summed E-state index contributed by atoms with van der Waals surface area (Å²) in [6.07, 6.45) is 8.26. The fraction of sp³-hybridized carbons (Fsp3) is 0.0667. The molecule has 9 aromatic carbocycles. The third-order valence-corrected chi connectivity index (χ3v) is 11.8. The average Bonchev–Trinajstić information content (AvgIpc) is 3.36. The molecule has 0 amide bonds. The number of methoxy groups -OCH3 is 2. The number of benzene rings is 9. The van der Waals surface area contributed by atoms with Gasteiger partial charge in [-0.05, 0) is 161 Å². The number of nitriles is 1. The van der Waals surface area contributed by atoms with E-state index in [0.29, 0.717) is 11.3 Å². The Morgan fingerprint density at radius 3 is 1.14 bits per heavy atom.